The summed E-state index contributed by atoms with van der Waals surface area (Å²) in [5, 5.41) is 3.12. The van der Waals surface area contributed by atoms with E-state index in [1.165, 1.54) is 11.1 Å². The lowest BCUT2D eigenvalue weighted by Gasteiger charge is -2.24. The van der Waals surface area contributed by atoms with Crippen LogP contribution in [-0.2, 0) is 17.6 Å². The van der Waals surface area contributed by atoms with E-state index < -0.39 is 0 Å². The minimum atomic E-state index is 0.0103. The van der Waals surface area contributed by atoms with Gasteiger partial charge in [0.15, 0.2) is 0 Å². The number of amides is 1. The van der Waals surface area contributed by atoms with Gasteiger partial charge in [0.2, 0.25) is 5.91 Å². The average molecular weight is 333 g/mol. The summed E-state index contributed by atoms with van der Waals surface area (Å²) in [5.74, 6) is 1.16. The summed E-state index contributed by atoms with van der Waals surface area (Å²) >= 11 is 0. The molecule has 128 valence electrons. The molecule has 0 radical (unpaired) electrons. The highest BCUT2D eigenvalue weighted by atomic mass is 16.1. The number of aryl methyl sites for hydroxylation is 2. The Morgan fingerprint density at radius 1 is 1.16 bits per heavy atom. The lowest BCUT2D eigenvalue weighted by Crippen LogP contribution is -2.32. The van der Waals surface area contributed by atoms with Crippen molar-refractivity contribution < 1.29 is 4.79 Å². The maximum atomic E-state index is 12.6. The molecule has 25 heavy (non-hydrogen) atoms. The maximum absolute atomic E-state index is 12.6. The van der Waals surface area contributed by atoms with Gasteiger partial charge in [-0.15, -0.1) is 0 Å². The first-order chi connectivity index (χ1) is 12.3. The van der Waals surface area contributed by atoms with E-state index in [1.54, 1.807) is 0 Å². The number of benzene rings is 2. The Morgan fingerprint density at radius 3 is 2.92 bits per heavy atom. The van der Waals surface area contributed by atoms with Gasteiger partial charge in [-0.3, -0.25) is 4.79 Å². The van der Waals surface area contributed by atoms with Crippen molar-refractivity contribution in [3.05, 3.63) is 65.5 Å². The Labute approximate surface area is 147 Å². The van der Waals surface area contributed by atoms with Crippen molar-refractivity contribution >= 4 is 16.9 Å². The van der Waals surface area contributed by atoms with Crippen molar-refractivity contribution in [1.82, 2.24) is 15.3 Å². The topological polar surface area (TPSA) is 57.8 Å². The van der Waals surface area contributed by atoms with Crippen LogP contribution in [0, 0.1) is 0 Å². The summed E-state index contributed by atoms with van der Waals surface area (Å²) in [6, 6.07) is 16.4. The van der Waals surface area contributed by atoms with Gasteiger partial charge >= 0.3 is 0 Å². The molecule has 0 aliphatic heterocycles. The van der Waals surface area contributed by atoms with E-state index in [9.17, 15) is 4.79 Å². The largest absolute Gasteiger partial charge is 0.356 e. The van der Waals surface area contributed by atoms with Gasteiger partial charge in [-0.1, -0.05) is 36.4 Å². The SMILES string of the molecule is O=C(NCCCc1nc2ccccc2[nH]1)C1CCCc2ccccc21. The van der Waals surface area contributed by atoms with E-state index in [0.717, 1.165) is 49.0 Å². The third-order valence-electron chi connectivity index (χ3n) is 5.01. The highest BCUT2D eigenvalue weighted by Gasteiger charge is 2.25. The fraction of sp³-hybridized carbons (Fsp3) is 0.333. The number of nitrogens with zero attached hydrogens (tertiary/aromatic N) is 1. The molecular formula is C21H23N3O. The Kier molecular flexibility index (Phi) is 4.51. The van der Waals surface area contributed by atoms with Crippen LogP contribution in [0.5, 0.6) is 0 Å². The molecule has 2 aromatic carbocycles. The van der Waals surface area contributed by atoms with Crippen molar-refractivity contribution in [2.45, 2.75) is 38.0 Å². The molecule has 1 aliphatic rings. The van der Waals surface area contributed by atoms with Crippen LogP contribution in [0.15, 0.2) is 48.5 Å². The molecule has 1 unspecified atom stereocenters. The number of nitrogens with one attached hydrogen (secondary N) is 2. The van der Waals surface area contributed by atoms with Gasteiger partial charge in [0, 0.05) is 13.0 Å². The molecule has 1 amide bonds. The second-order valence-corrected chi connectivity index (χ2v) is 6.74. The van der Waals surface area contributed by atoms with E-state index in [2.05, 4.69) is 33.5 Å². The fourth-order valence-electron chi connectivity index (χ4n) is 3.74. The predicted molar refractivity (Wildman–Crippen MR) is 99.5 cm³/mol. The third-order valence-corrected chi connectivity index (χ3v) is 5.01. The summed E-state index contributed by atoms with van der Waals surface area (Å²) < 4.78 is 0. The lowest BCUT2D eigenvalue weighted by atomic mass is 9.82. The first-order valence-corrected chi connectivity index (χ1v) is 9.10. The van der Waals surface area contributed by atoms with Gasteiger partial charge < -0.3 is 10.3 Å². The summed E-state index contributed by atoms with van der Waals surface area (Å²) in [5.41, 5.74) is 4.61. The molecule has 2 N–H and O–H groups in total. The van der Waals surface area contributed by atoms with E-state index in [1.807, 2.05) is 30.3 Å². The van der Waals surface area contributed by atoms with E-state index in [4.69, 9.17) is 0 Å². The van der Waals surface area contributed by atoms with Crippen LogP contribution in [0.3, 0.4) is 0 Å². The molecule has 0 saturated heterocycles. The molecule has 4 heteroatoms. The number of para-hydroxylation sites is 2. The number of imidazole rings is 1. The zero-order chi connectivity index (χ0) is 17.1. The van der Waals surface area contributed by atoms with Crippen LogP contribution >= 0.6 is 0 Å². The van der Waals surface area contributed by atoms with Crippen LogP contribution in [0.4, 0.5) is 0 Å². The van der Waals surface area contributed by atoms with Crippen LogP contribution in [0.25, 0.3) is 11.0 Å². The molecular weight excluding hydrogens is 310 g/mol. The fourth-order valence-corrected chi connectivity index (χ4v) is 3.74. The van der Waals surface area contributed by atoms with Gasteiger partial charge in [0.05, 0.1) is 17.0 Å². The zero-order valence-corrected chi connectivity index (χ0v) is 14.3. The molecule has 1 aliphatic carbocycles. The van der Waals surface area contributed by atoms with Gasteiger partial charge in [-0.25, -0.2) is 4.98 Å². The Balaban J connectivity index is 1.31. The summed E-state index contributed by atoms with van der Waals surface area (Å²) in [6.07, 6.45) is 4.86. The normalized spacial score (nSPS) is 16.6. The molecule has 0 fully saturated rings. The molecule has 4 rings (SSSR count). The molecule has 3 aromatic rings. The number of fused-ring (bicyclic) bond motifs is 2. The van der Waals surface area contributed by atoms with Crippen LogP contribution in [-0.4, -0.2) is 22.4 Å². The number of H-pyrrole nitrogens is 1. The van der Waals surface area contributed by atoms with Crippen LogP contribution in [0.1, 0.15) is 42.1 Å². The quantitative estimate of drug-likeness (QED) is 0.699. The Hall–Kier alpha value is -2.62. The molecule has 1 heterocycles. The van der Waals surface area contributed by atoms with Crippen molar-refractivity contribution in [2.75, 3.05) is 6.54 Å². The number of carbonyl (C=O) groups excluding carboxylic acids is 1. The highest BCUT2D eigenvalue weighted by Crippen LogP contribution is 2.31. The molecule has 1 aromatic heterocycles. The Morgan fingerprint density at radius 2 is 2.00 bits per heavy atom. The van der Waals surface area contributed by atoms with Crippen molar-refractivity contribution in [2.24, 2.45) is 0 Å². The lowest BCUT2D eigenvalue weighted by molar-refractivity contribution is -0.122. The van der Waals surface area contributed by atoms with Gasteiger partial charge in [0.25, 0.3) is 0 Å². The summed E-state index contributed by atoms with van der Waals surface area (Å²) in [7, 11) is 0. The molecule has 1 atom stereocenters. The molecule has 4 nitrogen and oxygen atoms in total. The molecule has 0 bridgehead atoms. The molecule has 0 saturated carbocycles. The standard InChI is InChI=1S/C21H23N3O/c25-21(17-10-5-8-15-7-1-2-9-16(15)17)22-14-6-13-20-23-18-11-3-4-12-19(18)24-20/h1-4,7,9,11-12,17H,5-6,8,10,13-14H2,(H,22,25)(H,23,24). The predicted octanol–water partition coefficient (Wildman–Crippen LogP) is 3.73. The number of aromatic amines is 1. The van der Waals surface area contributed by atoms with Gasteiger partial charge in [0.1, 0.15) is 5.82 Å². The first-order valence-electron chi connectivity index (χ1n) is 9.10. The summed E-state index contributed by atoms with van der Waals surface area (Å²) in [6.45, 7) is 0.689. The van der Waals surface area contributed by atoms with Crippen molar-refractivity contribution in [3.63, 3.8) is 0 Å². The van der Waals surface area contributed by atoms with Crippen LogP contribution < -0.4 is 5.32 Å². The van der Waals surface area contributed by atoms with E-state index in [-0.39, 0.29) is 11.8 Å². The first kappa shape index (κ1) is 15.9. The number of carbonyl (C=O) groups is 1. The smallest absolute Gasteiger partial charge is 0.227 e. The number of rotatable bonds is 5. The highest BCUT2D eigenvalue weighted by molar-refractivity contribution is 5.84. The van der Waals surface area contributed by atoms with Crippen LogP contribution in [0.2, 0.25) is 0 Å². The third kappa shape index (κ3) is 3.43. The van der Waals surface area contributed by atoms with Crippen molar-refractivity contribution in [1.29, 1.82) is 0 Å². The van der Waals surface area contributed by atoms with E-state index >= 15 is 0 Å². The number of hydrogen-bond donors (Lipinski definition) is 2. The van der Waals surface area contributed by atoms with Gasteiger partial charge in [-0.2, -0.15) is 0 Å². The monoisotopic (exact) mass is 333 g/mol. The minimum Gasteiger partial charge on any atom is -0.356 e. The Bertz CT molecular complexity index is 850. The summed E-state index contributed by atoms with van der Waals surface area (Å²) in [4.78, 5) is 20.5. The second kappa shape index (κ2) is 7.09. The van der Waals surface area contributed by atoms with Crippen molar-refractivity contribution in [3.8, 4) is 0 Å². The minimum absolute atomic E-state index is 0.0103. The van der Waals surface area contributed by atoms with Gasteiger partial charge in [-0.05, 0) is 48.9 Å². The zero-order valence-electron chi connectivity index (χ0n) is 14.3. The molecule has 0 spiro atoms. The second-order valence-electron chi connectivity index (χ2n) is 6.74. The maximum Gasteiger partial charge on any atom is 0.227 e. The number of aromatic nitrogens is 2. The average Bonchev–Trinajstić information content (AvgIpc) is 3.07. The number of hydrogen-bond acceptors (Lipinski definition) is 2. The van der Waals surface area contributed by atoms with E-state index in [0.29, 0.717) is 6.54 Å².